The van der Waals surface area contributed by atoms with Crippen LogP contribution in [0.4, 0.5) is 5.69 Å². The maximum Gasteiger partial charge on any atom is 0.306 e. The van der Waals surface area contributed by atoms with E-state index in [0.717, 1.165) is 10.6 Å². The van der Waals surface area contributed by atoms with Gasteiger partial charge in [-0.3, -0.25) is 13.4 Å². The average Bonchev–Trinajstić information content (AvgIpc) is 2.81. The van der Waals surface area contributed by atoms with Crippen LogP contribution < -0.4 is 13.2 Å². The topological polar surface area (TPSA) is 140 Å². The number of rotatable bonds is 5. The smallest absolute Gasteiger partial charge is 0.306 e. The lowest BCUT2D eigenvalue weighted by Crippen LogP contribution is -2.25. The number of phenolic OH excluding ortho intramolecular Hbond substituents is 1. The molecule has 2 aromatic carbocycles. The Morgan fingerprint density at radius 2 is 2.00 bits per heavy atom. The van der Waals surface area contributed by atoms with E-state index in [1.54, 1.807) is 18.2 Å². The molecule has 1 aliphatic rings. The van der Waals surface area contributed by atoms with Crippen molar-refractivity contribution >= 4 is 38.4 Å². The highest BCUT2D eigenvalue weighted by Crippen LogP contribution is 2.49. The lowest BCUT2D eigenvalue weighted by atomic mass is 10.0. The molecule has 3 rings (SSSR count). The van der Waals surface area contributed by atoms with E-state index >= 15 is 0 Å². The summed E-state index contributed by atoms with van der Waals surface area (Å²) in [6.45, 7) is -0.112. The molecule has 0 saturated carbocycles. The van der Waals surface area contributed by atoms with Crippen molar-refractivity contribution in [2.24, 2.45) is 0 Å². The fourth-order valence-corrected chi connectivity index (χ4v) is 4.79. The van der Waals surface area contributed by atoms with Crippen molar-refractivity contribution < 1.29 is 31.9 Å². The predicted molar refractivity (Wildman–Crippen MR) is 107 cm³/mol. The van der Waals surface area contributed by atoms with Crippen LogP contribution in [0.15, 0.2) is 36.4 Å². The summed E-state index contributed by atoms with van der Waals surface area (Å²) in [7, 11) is -7.19. The van der Waals surface area contributed by atoms with Gasteiger partial charge in [-0.15, -0.1) is 0 Å². The lowest BCUT2D eigenvalue weighted by molar-refractivity contribution is 0.182. The van der Waals surface area contributed by atoms with E-state index in [-0.39, 0.29) is 30.2 Å². The zero-order valence-electron chi connectivity index (χ0n) is 14.6. The van der Waals surface area contributed by atoms with Gasteiger partial charge in [-0.05, 0) is 23.8 Å². The zero-order valence-corrected chi connectivity index (χ0v) is 17.0. The summed E-state index contributed by atoms with van der Waals surface area (Å²) >= 11 is 5.91. The molecule has 9 nitrogen and oxygen atoms in total. The number of aliphatic hydroxyl groups excluding tert-OH is 1. The third-order valence-corrected chi connectivity index (χ3v) is 6.18. The van der Waals surface area contributed by atoms with Crippen LogP contribution in [0.3, 0.4) is 0 Å². The molecule has 12 heteroatoms. The van der Waals surface area contributed by atoms with Crippen molar-refractivity contribution in [2.45, 2.75) is 12.6 Å². The second-order valence-electron chi connectivity index (χ2n) is 6.25. The van der Waals surface area contributed by atoms with E-state index in [0.29, 0.717) is 16.1 Å². The molecule has 0 radical (unpaired) electrons. The van der Waals surface area contributed by atoms with E-state index in [4.69, 9.17) is 15.8 Å². The highest BCUT2D eigenvalue weighted by atomic mass is 35.5. The van der Waals surface area contributed by atoms with E-state index in [1.807, 2.05) is 0 Å². The molecule has 1 unspecified atom stereocenters. The number of halogens is 1. The molecule has 0 aromatic heterocycles. The number of β-amino-alcohol motifs (C(OH)–C–C–N with tert-alkyl or cyclic N) is 1. The third kappa shape index (κ3) is 4.81. The molecule has 1 heterocycles. The van der Waals surface area contributed by atoms with Gasteiger partial charge >= 0.3 is 10.1 Å². The first-order valence-corrected chi connectivity index (χ1v) is 11.7. The molecule has 2 aromatic rings. The SMILES string of the molecule is CS(=O)(=O)Oc1cc(Cl)ccc1Cc1ccc(N2CC(O)NS2(O)O)c(O)c1. The van der Waals surface area contributed by atoms with Crippen molar-refractivity contribution in [2.75, 3.05) is 17.1 Å². The van der Waals surface area contributed by atoms with Gasteiger partial charge in [0.2, 0.25) is 0 Å². The number of aromatic hydroxyl groups is 1. The van der Waals surface area contributed by atoms with Gasteiger partial charge in [0.1, 0.15) is 23.4 Å². The summed E-state index contributed by atoms with van der Waals surface area (Å²) in [4.78, 5) is 0. The fourth-order valence-electron chi connectivity index (χ4n) is 2.80. The van der Waals surface area contributed by atoms with Gasteiger partial charge in [0.25, 0.3) is 0 Å². The van der Waals surface area contributed by atoms with Crippen molar-refractivity contribution in [1.29, 1.82) is 0 Å². The maximum absolute atomic E-state index is 11.5. The molecule has 0 bridgehead atoms. The maximum atomic E-state index is 11.5. The Labute approximate surface area is 168 Å². The van der Waals surface area contributed by atoms with Crippen LogP contribution in [0.1, 0.15) is 11.1 Å². The van der Waals surface area contributed by atoms with E-state index in [1.165, 1.54) is 18.2 Å². The van der Waals surface area contributed by atoms with E-state index < -0.39 is 27.3 Å². The Morgan fingerprint density at radius 1 is 1.29 bits per heavy atom. The first kappa shape index (κ1) is 21.0. The predicted octanol–water partition coefficient (Wildman–Crippen LogP) is 2.28. The Kier molecular flexibility index (Phi) is 5.69. The Balaban J connectivity index is 1.88. The number of hydrogen-bond donors (Lipinski definition) is 5. The van der Waals surface area contributed by atoms with Crippen LogP contribution >= 0.6 is 22.6 Å². The first-order valence-electron chi connectivity index (χ1n) is 7.95. The van der Waals surface area contributed by atoms with Gasteiger partial charge in [0, 0.05) is 23.1 Å². The molecule has 1 fully saturated rings. The molecule has 0 amide bonds. The highest BCUT2D eigenvalue weighted by Gasteiger charge is 2.36. The summed E-state index contributed by atoms with van der Waals surface area (Å²) in [6.07, 6.45) is 0.0103. The van der Waals surface area contributed by atoms with Crippen molar-refractivity contribution in [1.82, 2.24) is 4.72 Å². The summed E-state index contributed by atoms with van der Waals surface area (Å²) in [6, 6.07) is 9.12. The van der Waals surface area contributed by atoms with E-state index in [9.17, 15) is 27.7 Å². The van der Waals surface area contributed by atoms with Gasteiger partial charge in [0.15, 0.2) is 0 Å². The number of phenols is 1. The lowest BCUT2D eigenvalue weighted by Gasteiger charge is -2.36. The van der Waals surface area contributed by atoms with Crippen molar-refractivity contribution in [3.63, 3.8) is 0 Å². The fraction of sp³-hybridized carbons (Fsp3) is 0.250. The van der Waals surface area contributed by atoms with Crippen LogP contribution in [0, 0.1) is 0 Å². The number of benzene rings is 2. The zero-order chi connectivity index (χ0) is 20.7. The second-order valence-corrected chi connectivity index (χ2v) is 9.98. The Morgan fingerprint density at radius 3 is 2.57 bits per heavy atom. The summed E-state index contributed by atoms with van der Waals surface area (Å²) in [5.41, 5.74) is 1.28. The molecule has 0 spiro atoms. The van der Waals surface area contributed by atoms with Gasteiger partial charge in [-0.2, -0.15) is 13.1 Å². The van der Waals surface area contributed by atoms with Gasteiger partial charge < -0.3 is 14.4 Å². The van der Waals surface area contributed by atoms with Gasteiger partial charge in [-0.1, -0.05) is 34.7 Å². The molecule has 28 heavy (non-hydrogen) atoms. The van der Waals surface area contributed by atoms with Crippen molar-refractivity contribution in [3.8, 4) is 11.5 Å². The molecular weight excluding hydrogens is 432 g/mol. The van der Waals surface area contributed by atoms with Crippen LogP contribution in [0.2, 0.25) is 5.02 Å². The summed E-state index contributed by atoms with van der Waals surface area (Å²) < 4.78 is 51.2. The number of hydrogen-bond acceptors (Lipinski definition) is 9. The molecule has 5 N–H and O–H groups in total. The van der Waals surface area contributed by atoms with Crippen LogP contribution in [-0.2, 0) is 16.5 Å². The Hall–Kier alpha value is -1.73. The Bertz CT molecular complexity index is 1000. The number of aliphatic hydroxyl groups is 1. The molecule has 1 atom stereocenters. The largest absolute Gasteiger partial charge is 0.506 e. The standard InChI is InChI=1S/C16H19ClN2O7S2/c1-27(22,23)26-15-8-12(17)4-3-11(15)6-10-2-5-13(14(20)7-10)19-9-16(21)18-28(19,24)25/h2-5,7-8,16,18,20-21,24-25H,6,9H2,1H3. The van der Waals surface area contributed by atoms with Gasteiger partial charge in [0.05, 0.1) is 12.8 Å². The number of anilines is 1. The second kappa shape index (κ2) is 7.59. The van der Waals surface area contributed by atoms with Gasteiger partial charge in [-0.25, -0.2) is 0 Å². The minimum atomic E-state index is -3.75. The average molecular weight is 451 g/mol. The minimum absolute atomic E-state index is 0.0830. The monoisotopic (exact) mass is 450 g/mol. The summed E-state index contributed by atoms with van der Waals surface area (Å²) in [5, 5.41) is 20.2. The highest BCUT2D eigenvalue weighted by molar-refractivity contribution is 8.24. The third-order valence-electron chi connectivity index (χ3n) is 3.91. The normalized spacial score (nSPS) is 20.2. The minimum Gasteiger partial charge on any atom is -0.506 e. The molecule has 1 aliphatic heterocycles. The number of nitrogens with zero attached hydrogens (tertiary/aromatic N) is 1. The first-order chi connectivity index (χ1) is 12.9. The van der Waals surface area contributed by atoms with Crippen LogP contribution in [0.5, 0.6) is 11.5 Å². The molecule has 1 saturated heterocycles. The molecule has 154 valence electrons. The van der Waals surface area contributed by atoms with Crippen LogP contribution in [0.25, 0.3) is 0 Å². The quantitative estimate of drug-likeness (QED) is 0.434. The number of nitrogens with one attached hydrogen (secondary N) is 1. The summed E-state index contributed by atoms with van der Waals surface area (Å²) in [5.74, 6) is -0.146. The molecular formula is C16H19ClN2O7S2. The molecule has 0 aliphatic carbocycles. The van der Waals surface area contributed by atoms with Crippen molar-refractivity contribution in [3.05, 3.63) is 52.5 Å². The van der Waals surface area contributed by atoms with E-state index in [2.05, 4.69) is 4.72 Å². The van der Waals surface area contributed by atoms with Crippen LogP contribution in [-0.4, -0.2) is 46.8 Å².